The summed E-state index contributed by atoms with van der Waals surface area (Å²) in [7, 11) is 0. The van der Waals surface area contributed by atoms with E-state index in [-0.39, 0.29) is 14.9 Å². The molecule has 3 aromatic rings. The number of nitrogens with one attached hydrogen (secondary N) is 2. The zero-order valence-electron chi connectivity index (χ0n) is 26.7. The predicted octanol–water partition coefficient (Wildman–Crippen LogP) is 9.00. The van der Waals surface area contributed by atoms with Crippen molar-refractivity contribution < 1.29 is 23.3 Å². The normalized spacial score (nSPS) is 12.9. The molecule has 0 aromatic heterocycles. The summed E-state index contributed by atoms with van der Waals surface area (Å²) in [6, 6.07) is 21.6. The van der Waals surface area contributed by atoms with Crippen molar-refractivity contribution in [3.05, 3.63) is 104 Å². The second-order valence-corrected chi connectivity index (χ2v) is 8.92. The molecule has 4 rings (SSSR count). The molecule has 1 aliphatic carbocycles. The first-order chi connectivity index (χ1) is 17.8. The van der Waals surface area contributed by atoms with Gasteiger partial charge in [-0.3, -0.25) is 6.08 Å². The van der Waals surface area contributed by atoms with Gasteiger partial charge in [0.05, 0.1) is 0 Å². The van der Waals surface area contributed by atoms with E-state index in [9.17, 15) is 0 Å². The van der Waals surface area contributed by atoms with E-state index in [1.165, 1.54) is 67.5 Å². The standard InChI is InChI=1S/C16H13.C9H13.2C4H11N.2CH3.Si.Zr/c1-12-10-14-8-5-9-15(16(14)11-12)13-6-3-2-4-7-13;1-6-5-7(2)9(4)8(6)3;2*1-3-5-4-2;;;;/h2-11H,1H3;6H,1-4H3;2*5H,3-4H2,1-2H3;2*1H3;;/q2*-1;;;2*-1;;. The van der Waals surface area contributed by atoms with Crippen molar-refractivity contribution in [2.24, 2.45) is 5.92 Å². The Hall–Kier alpha value is -1.45. The van der Waals surface area contributed by atoms with E-state index in [0.29, 0.717) is 5.92 Å². The molecule has 0 saturated heterocycles. The number of fused-ring (bicyclic) bond motifs is 1. The Bertz CT molecular complexity index is 1060. The van der Waals surface area contributed by atoms with Gasteiger partial charge >= 0.3 is 30.2 Å². The minimum absolute atomic E-state index is 0. The Labute approximate surface area is 259 Å². The van der Waals surface area contributed by atoms with E-state index >= 15 is 0 Å². The van der Waals surface area contributed by atoms with E-state index in [2.05, 4.69) is 147 Å². The summed E-state index contributed by atoms with van der Waals surface area (Å²) in [5.74, 6) is 0.560. The first kappa shape index (κ1) is 42.0. The molecule has 0 heterocycles. The first-order valence-electron chi connectivity index (χ1n) is 13.5. The van der Waals surface area contributed by atoms with Gasteiger partial charge in [-0.2, -0.15) is 17.2 Å². The topological polar surface area (TPSA) is 24.1 Å². The van der Waals surface area contributed by atoms with Gasteiger partial charge in [-0.15, -0.1) is 41.5 Å². The van der Waals surface area contributed by atoms with Gasteiger partial charge in [0.25, 0.3) is 0 Å². The zero-order chi connectivity index (χ0) is 28.2. The number of hydrogen-bond donors (Lipinski definition) is 2. The average molecular weight is 622 g/mol. The monoisotopic (exact) mass is 620 g/mol. The van der Waals surface area contributed by atoms with Gasteiger partial charge in [0.2, 0.25) is 0 Å². The van der Waals surface area contributed by atoms with E-state index in [1.807, 2.05) is 0 Å². The second kappa shape index (κ2) is 25.5. The first-order valence-corrected chi connectivity index (χ1v) is 17.6. The predicted molar refractivity (Wildman–Crippen MR) is 177 cm³/mol. The summed E-state index contributed by atoms with van der Waals surface area (Å²) in [5.41, 5.74) is 8.19. The van der Waals surface area contributed by atoms with Crippen LogP contribution in [-0.2, 0) is 23.3 Å². The van der Waals surface area contributed by atoms with Crippen LogP contribution in [0.4, 0.5) is 0 Å². The summed E-state index contributed by atoms with van der Waals surface area (Å²) < 4.78 is 0. The summed E-state index contributed by atoms with van der Waals surface area (Å²) in [5, 5.41) is 8.91. The van der Waals surface area contributed by atoms with Crippen LogP contribution in [0.25, 0.3) is 21.9 Å². The van der Waals surface area contributed by atoms with Crippen molar-refractivity contribution in [2.45, 2.75) is 62.3 Å². The van der Waals surface area contributed by atoms with Gasteiger partial charge < -0.3 is 25.5 Å². The quantitative estimate of drug-likeness (QED) is 0.219. The fourth-order valence-corrected chi connectivity index (χ4v) is 3.92. The van der Waals surface area contributed by atoms with Crippen LogP contribution in [0.15, 0.2) is 77.4 Å². The molecular weight excluding hydrogens is 568 g/mol. The van der Waals surface area contributed by atoms with Crippen molar-refractivity contribution in [2.75, 3.05) is 26.2 Å². The van der Waals surface area contributed by atoms with Crippen molar-refractivity contribution in [3.63, 3.8) is 0 Å². The van der Waals surface area contributed by atoms with Crippen LogP contribution < -0.4 is 10.6 Å². The fraction of sp³-hybridized carbons (Fsp3) is 0.400. The molecule has 39 heavy (non-hydrogen) atoms. The van der Waals surface area contributed by atoms with Crippen LogP contribution in [0.5, 0.6) is 0 Å². The SMILES string of the molecule is CC1=[C-]C(C)C(C)=C1C.CCNCC.CCNCC.Cc1cc2c(-c3ccccc3)cccc2[cH-]1.[CH3-].[CH3-].[Si]=[Zr]. The Kier molecular flexibility index (Phi) is 27.5. The maximum atomic E-state index is 3.36. The minimum atomic E-state index is 0. The Morgan fingerprint density at radius 1 is 0.795 bits per heavy atom. The van der Waals surface area contributed by atoms with Crippen LogP contribution in [0.1, 0.15) is 61.0 Å². The molecule has 216 valence electrons. The van der Waals surface area contributed by atoms with Crippen molar-refractivity contribution in [1.29, 1.82) is 0 Å². The van der Waals surface area contributed by atoms with E-state index in [4.69, 9.17) is 0 Å². The molecule has 1 aliphatic rings. The molecule has 4 heteroatoms. The molecule has 0 fully saturated rings. The Morgan fingerprint density at radius 3 is 1.67 bits per heavy atom. The molecule has 2 radical (unpaired) electrons. The molecule has 0 saturated carbocycles. The van der Waals surface area contributed by atoms with Gasteiger partial charge in [-0.25, -0.2) is 5.57 Å². The van der Waals surface area contributed by atoms with Gasteiger partial charge in [-0.1, -0.05) is 103 Å². The number of allylic oxidation sites excluding steroid dienone is 4. The third kappa shape index (κ3) is 15.8. The van der Waals surface area contributed by atoms with Gasteiger partial charge in [0, 0.05) is 0 Å². The van der Waals surface area contributed by atoms with E-state index in [1.54, 1.807) is 0 Å². The molecule has 2 nitrogen and oxygen atoms in total. The van der Waals surface area contributed by atoms with Gasteiger partial charge in [0.1, 0.15) is 0 Å². The Morgan fingerprint density at radius 2 is 1.31 bits per heavy atom. The molecule has 0 bridgehead atoms. The number of rotatable bonds is 5. The molecule has 1 atom stereocenters. The average Bonchev–Trinajstić information content (AvgIpc) is 3.41. The second-order valence-electron chi connectivity index (χ2n) is 8.92. The maximum absolute atomic E-state index is 3.36. The summed E-state index contributed by atoms with van der Waals surface area (Å²) >= 11 is 1.36. The molecule has 2 N–H and O–H groups in total. The molecule has 1 unspecified atom stereocenters. The number of benzene rings is 2. The zero-order valence-corrected chi connectivity index (χ0v) is 30.1. The number of aryl methyl sites for hydroxylation is 1. The van der Waals surface area contributed by atoms with Gasteiger partial charge in [0.15, 0.2) is 0 Å². The third-order valence-electron chi connectivity index (χ3n) is 6.22. The van der Waals surface area contributed by atoms with Crippen LogP contribution in [0.2, 0.25) is 0 Å². The molecule has 3 aromatic carbocycles. The summed E-state index contributed by atoms with van der Waals surface area (Å²) in [4.78, 5) is 0. The van der Waals surface area contributed by atoms with E-state index < -0.39 is 0 Å². The van der Waals surface area contributed by atoms with Crippen LogP contribution in [0, 0.1) is 33.8 Å². The molecule has 0 spiro atoms. The van der Waals surface area contributed by atoms with Crippen molar-refractivity contribution >= 4 is 17.7 Å². The molecule has 0 amide bonds. The van der Waals surface area contributed by atoms with E-state index in [0.717, 1.165) is 26.2 Å². The summed E-state index contributed by atoms with van der Waals surface area (Å²) in [6.07, 6.45) is 3.36. The molecule has 0 aliphatic heterocycles. The summed E-state index contributed by atoms with van der Waals surface area (Å²) in [6.45, 7) is 26.7. The Balaban J connectivity index is -0.000000484. The fourth-order valence-electron chi connectivity index (χ4n) is 3.92. The van der Waals surface area contributed by atoms with Crippen molar-refractivity contribution in [3.8, 4) is 11.1 Å². The number of hydrogen-bond acceptors (Lipinski definition) is 2. The van der Waals surface area contributed by atoms with Crippen LogP contribution >= 0.6 is 0 Å². The van der Waals surface area contributed by atoms with Crippen LogP contribution in [-0.4, -0.2) is 33.1 Å². The molecular formula is C35H54N2SiZr-4. The van der Waals surface area contributed by atoms with Gasteiger partial charge in [-0.05, 0) is 31.7 Å². The third-order valence-corrected chi connectivity index (χ3v) is 6.22. The van der Waals surface area contributed by atoms with Crippen molar-refractivity contribution in [1.82, 2.24) is 10.6 Å². The van der Waals surface area contributed by atoms with Crippen LogP contribution in [0.3, 0.4) is 0 Å².